The SMILES string of the molecule is CO[N+](=O)c1cccc(S(=O)(=O)N2CCN(CC(=O)OC(C)(C)C)CC2)c1. The molecule has 0 aliphatic carbocycles. The Balaban J connectivity index is 2.00. The van der Waals surface area contributed by atoms with Crippen molar-refractivity contribution in [1.29, 1.82) is 0 Å². The third kappa shape index (κ3) is 5.72. The van der Waals surface area contributed by atoms with Gasteiger partial charge < -0.3 is 4.74 Å². The summed E-state index contributed by atoms with van der Waals surface area (Å²) in [4.78, 5) is 30.2. The number of piperazine rings is 1. The van der Waals surface area contributed by atoms with Crippen molar-refractivity contribution in [1.82, 2.24) is 9.21 Å². The van der Waals surface area contributed by atoms with Crippen LogP contribution < -0.4 is 0 Å². The molecule has 1 aliphatic rings. The van der Waals surface area contributed by atoms with Crippen LogP contribution in [0.3, 0.4) is 0 Å². The predicted molar refractivity (Wildman–Crippen MR) is 97.8 cm³/mol. The van der Waals surface area contributed by atoms with Crippen molar-refractivity contribution < 1.29 is 27.7 Å². The second kappa shape index (κ2) is 8.32. The zero-order chi connectivity index (χ0) is 20.2. The molecule has 27 heavy (non-hydrogen) atoms. The van der Waals surface area contributed by atoms with Crippen LogP contribution in [-0.2, 0) is 24.4 Å². The van der Waals surface area contributed by atoms with Crippen molar-refractivity contribution in [2.45, 2.75) is 31.3 Å². The van der Waals surface area contributed by atoms with Crippen LogP contribution in [0, 0.1) is 4.91 Å². The van der Waals surface area contributed by atoms with Gasteiger partial charge in [0.2, 0.25) is 10.0 Å². The third-order valence-corrected chi connectivity index (χ3v) is 5.83. The molecule has 9 nitrogen and oxygen atoms in total. The highest BCUT2D eigenvalue weighted by molar-refractivity contribution is 7.89. The molecular formula is C17H26N3O6S+. The van der Waals surface area contributed by atoms with Crippen molar-refractivity contribution in [2.75, 3.05) is 39.8 Å². The number of carbonyl (C=O) groups is 1. The Labute approximate surface area is 159 Å². The fraction of sp³-hybridized carbons (Fsp3) is 0.588. The predicted octanol–water partition coefficient (Wildman–Crippen LogP) is 1.31. The lowest BCUT2D eigenvalue weighted by atomic mass is 10.2. The Morgan fingerprint density at radius 1 is 1.19 bits per heavy atom. The Kier molecular flexibility index (Phi) is 6.55. The summed E-state index contributed by atoms with van der Waals surface area (Å²) < 4.78 is 32.3. The monoisotopic (exact) mass is 400 g/mol. The number of nitrogens with zero attached hydrogens (tertiary/aromatic N) is 3. The van der Waals surface area contributed by atoms with Gasteiger partial charge in [0, 0.05) is 38.3 Å². The van der Waals surface area contributed by atoms with Crippen molar-refractivity contribution in [2.24, 2.45) is 0 Å². The summed E-state index contributed by atoms with van der Waals surface area (Å²) in [6.45, 7) is 6.87. The number of hydrogen-bond acceptors (Lipinski definition) is 7. The number of esters is 1. The minimum absolute atomic E-state index is 0.0264. The lowest BCUT2D eigenvalue weighted by Gasteiger charge is -2.33. The van der Waals surface area contributed by atoms with Gasteiger partial charge in [-0.15, -0.1) is 0 Å². The number of benzene rings is 1. The fourth-order valence-electron chi connectivity index (χ4n) is 2.70. The van der Waals surface area contributed by atoms with E-state index in [1.165, 1.54) is 35.7 Å². The van der Waals surface area contributed by atoms with Gasteiger partial charge in [-0.1, -0.05) is 6.07 Å². The summed E-state index contributed by atoms with van der Waals surface area (Å²) in [5, 5.41) is 0. The molecule has 0 bridgehead atoms. The largest absolute Gasteiger partial charge is 0.459 e. The molecule has 2 rings (SSSR count). The van der Waals surface area contributed by atoms with Gasteiger partial charge in [0.25, 0.3) is 4.92 Å². The van der Waals surface area contributed by atoms with Crippen molar-refractivity contribution >= 4 is 21.7 Å². The lowest BCUT2D eigenvalue weighted by Crippen LogP contribution is -2.50. The van der Waals surface area contributed by atoms with Gasteiger partial charge in [0.1, 0.15) is 5.60 Å². The Hall–Kier alpha value is -2.04. The number of carbonyl (C=O) groups excluding carboxylic acids is 1. The molecule has 1 fully saturated rings. The maximum absolute atomic E-state index is 12.8. The molecule has 1 heterocycles. The molecule has 0 amide bonds. The van der Waals surface area contributed by atoms with E-state index in [1.807, 2.05) is 4.90 Å². The van der Waals surface area contributed by atoms with Crippen LogP contribution in [0.4, 0.5) is 5.69 Å². The van der Waals surface area contributed by atoms with Crippen LogP contribution in [0.2, 0.25) is 0 Å². The maximum Gasteiger partial charge on any atom is 0.320 e. The van der Waals surface area contributed by atoms with Gasteiger partial charge >= 0.3 is 11.7 Å². The second-order valence-electron chi connectivity index (χ2n) is 7.20. The first kappa shape index (κ1) is 21.3. The molecule has 0 saturated carbocycles. The van der Waals surface area contributed by atoms with Gasteiger partial charge in [0.15, 0.2) is 7.11 Å². The molecule has 0 spiro atoms. The van der Waals surface area contributed by atoms with E-state index in [0.29, 0.717) is 13.1 Å². The van der Waals surface area contributed by atoms with E-state index in [0.717, 1.165) is 0 Å². The van der Waals surface area contributed by atoms with Gasteiger partial charge in [-0.2, -0.15) is 4.31 Å². The van der Waals surface area contributed by atoms with E-state index >= 15 is 0 Å². The van der Waals surface area contributed by atoms with Crippen LogP contribution in [-0.4, -0.2) is 74.0 Å². The van der Waals surface area contributed by atoms with Crippen LogP contribution in [0.15, 0.2) is 29.2 Å². The zero-order valence-corrected chi connectivity index (χ0v) is 16.9. The first-order valence-electron chi connectivity index (χ1n) is 8.59. The number of sulfonamides is 1. The normalized spacial score (nSPS) is 16.7. The summed E-state index contributed by atoms with van der Waals surface area (Å²) in [5.74, 6) is -0.332. The maximum atomic E-state index is 12.8. The molecule has 1 saturated heterocycles. The highest BCUT2D eigenvalue weighted by atomic mass is 32.2. The van der Waals surface area contributed by atoms with E-state index in [9.17, 15) is 18.1 Å². The molecule has 0 N–H and O–H groups in total. The minimum atomic E-state index is -3.74. The molecule has 150 valence electrons. The van der Waals surface area contributed by atoms with Crippen LogP contribution in [0.1, 0.15) is 20.8 Å². The van der Waals surface area contributed by atoms with E-state index < -0.39 is 15.6 Å². The van der Waals surface area contributed by atoms with E-state index in [-0.39, 0.29) is 41.1 Å². The smallest absolute Gasteiger partial charge is 0.320 e. The molecule has 10 heteroatoms. The van der Waals surface area contributed by atoms with Gasteiger partial charge in [-0.3, -0.25) is 9.69 Å². The highest BCUT2D eigenvalue weighted by Crippen LogP contribution is 2.22. The Morgan fingerprint density at radius 3 is 2.37 bits per heavy atom. The molecule has 1 aromatic rings. The lowest BCUT2D eigenvalue weighted by molar-refractivity contribution is -0.736. The van der Waals surface area contributed by atoms with Gasteiger partial charge in [-0.25, -0.2) is 13.3 Å². The molecule has 0 aromatic heterocycles. The van der Waals surface area contributed by atoms with E-state index in [4.69, 9.17) is 4.74 Å². The van der Waals surface area contributed by atoms with Crippen molar-refractivity contribution in [3.05, 3.63) is 29.2 Å². The molecule has 0 radical (unpaired) electrons. The van der Waals surface area contributed by atoms with Crippen LogP contribution >= 0.6 is 0 Å². The zero-order valence-electron chi connectivity index (χ0n) is 16.0. The summed E-state index contributed by atoms with van der Waals surface area (Å²) in [6, 6.07) is 5.67. The number of rotatable bonds is 6. The van der Waals surface area contributed by atoms with E-state index in [2.05, 4.69) is 4.84 Å². The first-order valence-corrected chi connectivity index (χ1v) is 10.0. The molecular weight excluding hydrogens is 374 g/mol. The quantitative estimate of drug-likeness (QED) is 0.525. The third-order valence-electron chi connectivity index (χ3n) is 3.94. The standard InChI is InChI=1S/C17H26N3O6S/c1-17(2,3)26-16(21)13-18-8-10-19(11-9-18)27(23,24)15-7-5-6-14(12-15)20(22)25-4/h5-7,12H,8-11,13H2,1-4H3/q+1. The Morgan fingerprint density at radius 2 is 1.81 bits per heavy atom. The van der Waals surface area contributed by atoms with Crippen molar-refractivity contribution in [3.8, 4) is 0 Å². The van der Waals surface area contributed by atoms with Gasteiger partial charge in [-0.05, 0) is 26.8 Å². The van der Waals surface area contributed by atoms with E-state index in [1.54, 1.807) is 20.8 Å². The fourth-order valence-corrected chi connectivity index (χ4v) is 4.16. The summed E-state index contributed by atoms with van der Waals surface area (Å²) in [6.07, 6.45) is 0. The first-order chi connectivity index (χ1) is 12.5. The van der Waals surface area contributed by atoms with Crippen LogP contribution in [0.25, 0.3) is 0 Å². The molecule has 0 unspecified atom stereocenters. The average molecular weight is 400 g/mol. The molecule has 1 aromatic carbocycles. The number of hydrogen-bond donors (Lipinski definition) is 0. The van der Waals surface area contributed by atoms with Crippen molar-refractivity contribution in [3.63, 3.8) is 0 Å². The summed E-state index contributed by atoms with van der Waals surface area (Å²) in [5.41, 5.74) is -0.451. The van der Waals surface area contributed by atoms with Crippen LogP contribution in [0.5, 0.6) is 0 Å². The average Bonchev–Trinajstić information content (AvgIpc) is 2.60. The Bertz CT molecular complexity index is 795. The minimum Gasteiger partial charge on any atom is -0.459 e. The second-order valence-corrected chi connectivity index (χ2v) is 9.14. The van der Waals surface area contributed by atoms with Gasteiger partial charge in [0.05, 0.1) is 16.3 Å². The molecule has 1 aliphatic heterocycles. The summed E-state index contributed by atoms with van der Waals surface area (Å²) >= 11 is 0. The summed E-state index contributed by atoms with van der Waals surface area (Å²) in [7, 11) is -2.53. The highest BCUT2D eigenvalue weighted by Gasteiger charge is 2.31. The topological polar surface area (TPSA) is 96.2 Å². The number of ether oxygens (including phenoxy) is 1. The molecule has 0 atom stereocenters.